The fourth-order valence-electron chi connectivity index (χ4n) is 3.57. The number of fused-ring (bicyclic) bond motifs is 1. The summed E-state index contributed by atoms with van der Waals surface area (Å²) in [6.45, 7) is 0.473. The molecule has 9 heteroatoms. The van der Waals surface area contributed by atoms with Crippen LogP contribution < -0.4 is 10.1 Å². The second kappa shape index (κ2) is 8.24. The number of rotatable bonds is 4. The van der Waals surface area contributed by atoms with Crippen molar-refractivity contribution >= 4 is 17.7 Å². The fourth-order valence-corrected chi connectivity index (χ4v) is 3.57. The molecule has 154 valence electrons. The standard InChI is InChI=1S/C21H21N5O4/c1-29-17-7-6-13(20(27)30-2)11-16(17)25-21(28)26-10-8-14-18(24-12-23-14)19(26)15-5-3-4-9-22-15/h3-7,9,11-12,19H,8,10H2,1-2H3,(H,23,24)(H,25,28)/t19-/m1/s1. The quantitative estimate of drug-likeness (QED) is 0.644. The lowest BCUT2D eigenvalue weighted by Crippen LogP contribution is -2.43. The molecule has 1 aliphatic rings. The van der Waals surface area contributed by atoms with Crippen LogP contribution in [0.15, 0.2) is 48.9 Å². The van der Waals surface area contributed by atoms with Crippen molar-refractivity contribution in [3.63, 3.8) is 0 Å². The number of urea groups is 1. The Morgan fingerprint density at radius 2 is 2.07 bits per heavy atom. The summed E-state index contributed by atoms with van der Waals surface area (Å²) in [4.78, 5) is 38.9. The van der Waals surface area contributed by atoms with Crippen molar-refractivity contribution in [2.24, 2.45) is 0 Å². The molecule has 0 aliphatic carbocycles. The fraction of sp³-hybridized carbons (Fsp3) is 0.238. The highest BCUT2D eigenvalue weighted by Gasteiger charge is 2.35. The van der Waals surface area contributed by atoms with Gasteiger partial charge < -0.3 is 24.7 Å². The Morgan fingerprint density at radius 3 is 2.80 bits per heavy atom. The van der Waals surface area contributed by atoms with E-state index in [2.05, 4.69) is 20.3 Å². The van der Waals surface area contributed by atoms with Crippen LogP contribution >= 0.6 is 0 Å². The Morgan fingerprint density at radius 1 is 1.20 bits per heavy atom. The van der Waals surface area contributed by atoms with Gasteiger partial charge >= 0.3 is 12.0 Å². The first kappa shape index (κ1) is 19.4. The number of benzene rings is 1. The topological polar surface area (TPSA) is 109 Å². The van der Waals surface area contributed by atoms with E-state index in [-0.39, 0.29) is 6.03 Å². The number of carbonyl (C=O) groups is 2. The van der Waals surface area contributed by atoms with Gasteiger partial charge in [0.25, 0.3) is 0 Å². The van der Waals surface area contributed by atoms with Gasteiger partial charge in [0.2, 0.25) is 0 Å². The summed E-state index contributed by atoms with van der Waals surface area (Å²) in [5, 5.41) is 2.86. The summed E-state index contributed by atoms with van der Waals surface area (Å²) in [6, 6.07) is 9.51. The molecule has 1 aliphatic heterocycles. The predicted molar refractivity (Wildman–Crippen MR) is 108 cm³/mol. The third kappa shape index (κ3) is 3.57. The number of methoxy groups -OCH3 is 2. The first-order valence-corrected chi connectivity index (χ1v) is 9.39. The van der Waals surface area contributed by atoms with E-state index in [0.29, 0.717) is 30.0 Å². The molecule has 0 fully saturated rings. The number of nitrogens with one attached hydrogen (secondary N) is 2. The minimum Gasteiger partial charge on any atom is -0.495 e. The Labute approximate surface area is 173 Å². The predicted octanol–water partition coefficient (Wildman–Crippen LogP) is 2.78. The number of esters is 1. The molecule has 0 spiro atoms. The molecule has 9 nitrogen and oxygen atoms in total. The Balaban J connectivity index is 1.67. The zero-order valence-electron chi connectivity index (χ0n) is 16.6. The molecule has 0 unspecified atom stereocenters. The number of carbonyl (C=O) groups excluding carboxylic acids is 2. The maximum atomic E-state index is 13.3. The number of aromatic nitrogens is 3. The molecular formula is C21H21N5O4. The first-order chi connectivity index (χ1) is 14.6. The third-order valence-corrected chi connectivity index (χ3v) is 5.02. The largest absolute Gasteiger partial charge is 0.495 e. The van der Waals surface area contributed by atoms with E-state index in [9.17, 15) is 9.59 Å². The van der Waals surface area contributed by atoms with E-state index in [4.69, 9.17) is 9.47 Å². The highest BCUT2D eigenvalue weighted by Crippen LogP contribution is 2.33. The van der Waals surface area contributed by atoms with Crippen molar-refractivity contribution < 1.29 is 19.1 Å². The smallest absolute Gasteiger partial charge is 0.337 e. The van der Waals surface area contributed by atoms with Gasteiger partial charge in [0, 0.05) is 24.9 Å². The summed E-state index contributed by atoms with van der Waals surface area (Å²) in [6.07, 6.45) is 3.96. The Kier molecular flexibility index (Phi) is 5.34. The minimum atomic E-state index is -0.501. The molecular weight excluding hydrogens is 386 g/mol. The van der Waals surface area contributed by atoms with Crippen LogP contribution in [0.3, 0.4) is 0 Å². The molecule has 2 aromatic heterocycles. The number of pyridine rings is 1. The molecule has 0 bridgehead atoms. The summed E-state index contributed by atoms with van der Waals surface area (Å²) in [5.41, 5.74) is 3.16. The monoisotopic (exact) mass is 407 g/mol. The van der Waals surface area contributed by atoms with Crippen molar-refractivity contribution in [2.75, 3.05) is 26.1 Å². The second-order valence-electron chi connectivity index (χ2n) is 6.70. The van der Waals surface area contributed by atoms with Gasteiger partial charge in [-0.1, -0.05) is 6.07 Å². The van der Waals surface area contributed by atoms with Gasteiger partial charge in [-0.05, 0) is 30.3 Å². The second-order valence-corrected chi connectivity index (χ2v) is 6.70. The number of aromatic amines is 1. The van der Waals surface area contributed by atoms with Crippen molar-refractivity contribution in [3.8, 4) is 5.75 Å². The van der Waals surface area contributed by atoms with Crippen molar-refractivity contribution in [1.29, 1.82) is 0 Å². The molecule has 2 N–H and O–H groups in total. The molecule has 3 aromatic rings. The first-order valence-electron chi connectivity index (χ1n) is 9.39. The lowest BCUT2D eigenvalue weighted by molar-refractivity contribution is 0.0600. The van der Waals surface area contributed by atoms with E-state index >= 15 is 0 Å². The Bertz CT molecular complexity index is 1070. The van der Waals surface area contributed by atoms with Gasteiger partial charge in [0.1, 0.15) is 11.8 Å². The minimum absolute atomic E-state index is 0.308. The lowest BCUT2D eigenvalue weighted by atomic mass is 10.00. The number of hydrogen-bond donors (Lipinski definition) is 2. The molecule has 3 heterocycles. The van der Waals surface area contributed by atoms with Crippen LogP contribution in [0.25, 0.3) is 0 Å². The molecule has 0 saturated carbocycles. The average molecular weight is 407 g/mol. The Hall–Kier alpha value is -3.88. The van der Waals surface area contributed by atoms with Crippen molar-refractivity contribution in [2.45, 2.75) is 12.5 Å². The molecule has 2 amide bonds. The van der Waals surface area contributed by atoms with Crippen LogP contribution in [-0.4, -0.2) is 52.6 Å². The molecule has 4 rings (SSSR count). The van der Waals surface area contributed by atoms with E-state index in [1.807, 2.05) is 18.2 Å². The van der Waals surface area contributed by atoms with E-state index in [1.54, 1.807) is 29.6 Å². The average Bonchev–Trinajstić information content (AvgIpc) is 3.27. The molecule has 0 saturated heterocycles. The third-order valence-electron chi connectivity index (χ3n) is 5.02. The van der Waals surface area contributed by atoms with E-state index in [0.717, 1.165) is 17.1 Å². The number of nitrogens with zero attached hydrogens (tertiary/aromatic N) is 3. The van der Waals surface area contributed by atoms with Crippen LogP contribution in [-0.2, 0) is 11.2 Å². The molecule has 30 heavy (non-hydrogen) atoms. The van der Waals surface area contributed by atoms with Gasteiger partial charge in [-0.25, -0.2) is 14.6 Å². The van der Waals surface area contributed by atoms with Gasteiger partial charge in [0.15, 0.2) is 0 Å². The summed E-state index contributed by atoms with van der Waals surface area (Å²) < 4.78 is 10.1. The number of hydrogen-bond acceptors (Lipinski definition) is 6. The van der Waals surface area contributed by atoms with Crippen LogP contribution in [0, 0.1) is 0 Å². The maximum Gasteiger partial charge on any atom is 0.337 e. The SMILES string of the molecule is COC(=O)c1ccc(OC)c(NC(=O)N2CCc3[nH]cnc3[C@H]2c2ccccn2)c1. The van der Waals surface area contributed by atoms with E-state index < -0.39 is 12.0 Å². The normalized spacial score (nSPS) is 15.3. The molecule has 0 radical (unpaired) electrons. The highest BCUT2D eigenvalue weighted by molar-refractivity contribution is 5.95. The summed E-state index contributed by atoms with van der Waals surface area (Å²) in [5.74, 6) is -0.0680. The zero-order chi connectivity index (χ0) is 21.1. The van der Waals surface area contributed by atoms with Gasteiger partial charge in [-0.3, -0.25) is 4.98 Å². The van der Waals surface area contributed by atoms with Crippen LogP contribution in [0.5, 0.6) is 5.75 Å². The van der Waals surface area contributed by atoms with Crippen LogP contribution in [0.4, 0.5) is 10.5 Å². The summed E-state index contributed by atoms with van der Waals surface area (Å²) >= 11 is 0. The molecule has 1 atom stereocenters. The van der Waals surface area contributed by atoms with E-state index in [1.165, 1.54) is 20.3 Å². The van der Waals surface area contributed by atoms with Gasteiger partial charge in [-0.15, -0.1) is 0 Å². The summed E-state index contributed by atoms with van der Waals surface area (Å²) in [7, 11) is 2.80. The van der Waals surface area contributed by atoms with Crippen LogP contribution in [0.1, 0.15) is 33.5 Å². The van der Waals surface area contributed by atoms with Gasteiger partial charge in [-0.2, -0.15) is 0 Å². The zero-order valence-corrected chi connectivity index (χ0v) is 16.6. The number of anilines is 1. The van der Waals surface area contributed by atoms with Gasteiger partial charge in [0.05, 0.1) is 43.2 Å². The van der Waals surface area contributed by atoms with Crippen molar-refractivity contribution in [1.82, 2.24) is 19.9 Å². The number of H-pyrrole nitrogens is 1. The highest BCUT2D eigenvalue weighted by atomic mass is 16.5. The van der Waals surface area contributed by atoms with Crippen molar-refractivity contribution in [3.05, 3.63) is 71.6 Å². The maximum absolute atomic E-state index is 13.3. The lowest BCUT2D eigenvalue weighted by Gasteiger charge is -2.34. The number of imidazole rings is 1. The number of ether oxygens (including phenoxy) is 2. The van der Waals surface area contributed by atoms with Crippen LogP contribution in [0.2, 0.25) is 0 Å². The molecule has 1 aromatic carbocycles. The number of amides is 2.